The molecule has 2 aromatic rings. The first-order valence-corrected chi connectivity index (χ1v) is 6.82. The molecule has 0 fully saturated rings. The van der Waals surface area contributed by atoms with Gasteiger partial charge in [-0.05, 0) is 38.1 Å². The van der Waals surface area contributed by atoms with Crippen molar-refractivity contribution in [3.05, 3.63) is 36.1 Å². The maximum Gasteiger partial charge on any atom is 0.235 e. The Morgan fingerprint density at radius 1 is 1.18 bits per heavy atom. The summed E-state index contributed by atoms with van der Waals surface area (Å²) in [6.45, 7) is 4.18. The van der Waals surface area contributed by atoms with Crippen molar-refractivity contribution in [3.8, 4) is 5.75 Å². The molecule has 0 aliphatic rings. The van der Waals surface area contributed by atoms with E-state index in [0.717, 1.165) is 5.75 Å². The molecule has 2 N–H and O–H groups in total. The maximum absolute atomic E-state index is 11.8. The monoisotopic (exact) mass is 303 g/mol. The summed E-state index contributed by atoms with van der Waals surface area (Å²) in [5, 5.41) is 8.74. The van der Waals surface area contributed by atoms with Gasteiger partial charge < -0.3 is 19.9 Å². The van der Waals surface area contributed by atoms with Crippen molar-refractivity contribution >= 4 is 23.3 Å². The molecule has 0 unspecified atom stereocenters. The number of rotatable bonds is 6. The van der Waals surface area contributed by atoms with E-state index in [0.29, 0.717) is 18.1 Å². The third-order valence-corrected chi connectivity index (χ3v) is 2.67. The number of hydrogen-bond donors (Lipinski definition) is 2. The van der Waals surface area contributed by atoms with Gasteiger partial charge in [-0.1, -0.05) is 5.16 Å². The third kappa shape index (κ3) is 4.62. The van der Waals surface area contributed by atoms with Crippen LogP contribution in [0.25, 0.3) is 0 Å². The van der Waals surface area contributed by atoms with Crippen molar-refractivity contribution < 1.29 is 18.8 Å². The number of nitrogens with zero attached hydrogens (tertiary/aromatic N) is 1. The molecular formula is C15H17N3O4. The number of aromatic nitrogens is 1. The molecular weight excluding hydrogens is 286 g/mol. The van der Waals surface area contributed by atoms with Crippen molar-refractivity contribution in [3.63, 3.8) is 0 Å². The Morgan fingerprint density at radius 2 is 1.86 bits per heavy atom. The summed E-state index contributed by atoms with van der Waals surface area (Å²) < 4.78 is 10.1. The minimum atomic E-state index is -0.461. The Morgan fingerprint density at radius 3 is 2.45 bits per heavy atom. The van der Waals surface area contributed by atoms with Gasteiger partial charge in [-0.25, -0.2) is 0 Å². The van der Waals surface area contributed by atoms with Crippen LogP contribution in [0.4, 0.5) is 11.5 Å². The quantitative estimate of drug-likeness (QED) is 0.799. The van der Waals surface area contributed by atoms with Crippen LogP contribution in [0.2, 0.25) is 0 Å². The smallest absolute Gasteiger partial charge is 0.235 e. The Kier molecular flexibility index (Phi) is 5.13. The lowest BCUT2D eigenvalue weighted by atomic mass is 10.3. The first kappa shape index (κ1) is 15.6. The Hall–Kier alpha value is -2.83. The van der Waals surface area contributed by atoms with E-state index < -0.39 is 11.8 Å². The second kappa shape index (κ2) is 7.26. The van der Waals surface area contributed by atoms with Crippen LogP contribution in [0.1, 0.15) is 19.1 Å². The molecule has 0 spiro atoms. The molecule has 2 rings (SSSR count). The number of amides is 2. The number of benzene rings is 1. The number of ether oxygens (including phenoxy) is 1. The van der Waals surface area contributed by atoms with Crippen molar-refractivity contribution in [1.29, 1.82) is 0 Å². The molecule has 0 saturated carbocycles. The first-order valence-electron chi connectivity index (χ1n) is 6.82. The molecule has 0 saturated heterocycles. The van der Waals surface area contributed by atoms with Crippen molar-refractivity contribution in [2.45, 2.75) is 20.3 Å². The van der Waals surface area contributed by atoms with E-state index in [2.05, 4.69) is 15.8 Å². The van der Waals surface area contributed by atoms with Gasteiger partial charge in [0.25, 0.3) is 0 Å². The van der Waals surface area contributed by atoms with Crippen LogP contribution in [0.15, 0.2) is 34.9 Å². The Labute approximate surface area is 127 Å². The van der Waals surface area contributed by atoms with Crippen LogP contribution in [-0.4, -0.2) is 23.6 Å². The summed E-state index contributed by atoms with van der Waals surface area (Å²) in [5.41, 5.74) is 0.596. The predicted octanol–water partition coefficient (Wildman–Crippen LogP) is 2.35. The van der Waals surface area contributed by atoms with E-state index in [1.54, 1.807) is 37.3 Å². The molecule has 0 bridgehead atoms. The fraction of sp³-hybridized carbons (Fsp3) is 0.267. The molecule has 0 aliphatic carbocycles. The highest BCUT2D eigenvalue weighted by Crippen LogP contribution is 2.15. The van der Waals surface area contributed by atoms with Crippen LogP contribution in [0.3, 0.4) is 0 Å². The molecule has 22 heavy (non-hydrogen) atoms. The van der Waals surface area contributed by atoms with Crippen LogP contribution >= 0.6 is 0 Å². The molecule has 2 amide bonds. The van der Waals surface area contributed by atoms with E-state index in [-0.39, 0.29) is 12.2 Å². The van der Waals surface area contributed by atoms with Crippen LogP contribution in [0.5, 0.6) is 5.75 Å². The largest absolute Gasteiger partial charge is 0.494 e. The van der Waals surface area contributed by atoms with Crippen LogP contribution in [0, 0.1) is 6.92 Å². The standard InChI is InChI=1S/C15H17N3O4/c1-3-21-12-6-4-11(5-7-12)16-14(19)9-15(20)17-13-8-10(2)22-18-13/h4-8H,3,9H2,1-2H3,(H,16,19)(H,17,18,20). The lowest BCUT2D eigenvalue weighted by Gasteiger charge is -2.07. The van der Waals surface area contributed by atoms with Crippen molar-refractivity contribution in [2.75, 3.05) is 17.2 Å². The van der Waals surface area contributed by atoms with Gasteiger partial charge in [-0.3, -0.25) is 9.59 Å². The normalized spacial score (nSPS) is 10.1. The van der Waals surface area contributed by atoms with E-state index in [1.807, 2.05) is 6.92 Å². The van der Waals surface area contributed by atoms with Gasteiger partial charge in [0.2, 0.25) is 11.8 Å². The SMILES string of the molecule is CCOc1ccc(NC(=O)CC(=O)Nc2cc(C)on2)cc1. The molecule has 0 atom stereocenters. The molecule has 7 heteroatoms. The molecule has 1 aromatic heterocycles. The minimum absolute atomic E-state index is 0.288. The van der Waals surface area contributed by atoms with Crippen LogP contribution in [-0.2, 0) is 9.59 Å². The van der Waals surface area contributed by atoms with Gasteiger partial charge in [0.1, 0.15) is 17.9 Å². The zero-order chi connectivity index (χ0) is 15.9. The number of carbonyl (C=O) groups excluding carboxylic acids is 2. The zero-order valence-electron chi connectivity index (χ0n) is 12.4. The van der Waals surface area contributed by atoms with Gasteiger partial charge in [-0.2, -0.15) is 0 Å². The zero-order valence-corrected chi connectivity index (χ0v) is 12.4. The molecule has 0 radical (unpaired) electrons. The molecule has 1 heterocycles. The minimum Gasteiger partial charge on any atom is -0.494 e. The van der Waals surface area contributed by atoms with Crippen molar-refractivity contribution in [2.24, 2.45) is 0 Å². The summed E-state index contributed by atoms with van der Waals surface area (Å²) >= 11 is 0. The highest BCUT2D eigenvalue weighted by molar-refractivity contribution is 6.07. The van der Waals surface area contributed by atoms with Crippen LogP contribution < -0.4 is 15.4 Å². The Bertz CT molecular complexity index is 649. The number of anilines is 2. The fourth-order valence-electron chi connectivity index (χ4n) is 1.76. The van der Waals surface area contributed by atoms with Gasteiger partial charge in [0.05, 0.1) is 6.61 Å². The summed E-state index contributed by atoms with van der Waals surface area (Å²) in [4.78, 5) is 23.5. The van der Waals surface area contributed by atoms with Gasteiger partial charge in [0.15, 0.2) is 5.82 Å². The lowest BCUT2D eigenvalue weighted by molar-refractivity contribution is -0.123. The van der Waals surface area contributed by atoms with Gasteiger partial charge in [0, 0.05) is 11.8 Å². The van der Waals surface area contributed by atoms with E-state index in [1.165, 1.54) is 0 Å². The molecule has 1 aromatic carbocycles. The summed E-state index contributed by atoms with van der Waals surface area (Å²) in [6.07, 6.45) is -0.306. The average Bonchev–Trinajstić information content (AvgIpc) is 2.86. The fourth-order valence-corrected chi connectivity index (χ4v) is 1.76. The summed E-state index contributed by atoms with van der Waals surface area (Å²) in [6, 6.07) is 8.49. The second-order valence-electron chi connectivity index (χ2n) is 4.55. The highest BCUT2D eigenvalue weighted by Gasteiger charge is 2.11. The number of nitrogens with one attached hydrogen (secondary N) is 2. The lowest BCUT2D eigenvalue weighted by Crippen LogP contribution is -2.21. The van der Waals surface area contributed by atoms with E-state index in [4.69, 9.17) is 9.26 Å². The number of aryl methyl sites for hydroxylation is 1. The predicted molar refractivity (Wildman–Crippen MR) is 80.7 cm³/mol. The summed E-state index contributed by atoms with van der Waals surface area (Å²) in [7, 11) is 0. The second-order valence-corrected chi connectivity index (χ2v) is 4.55. The average molecular weight is 303 g/mol. The summed E-state index contributed by atoms with van der Waals surface area (Å²) in [5.74, 6) is 0.712. The molecule has 116 valence electrons. The highest BCUT2D eigenvalue weighted by atomic mass is 16.5. The third-order valence-electron chi connectivity index (χ3n) is 2.67. The van der Waals surface area contributed by atoms with E-state index in [9.17, 15) is 9.59 Å². The maximum atomic E-state index is 11.8. The Balaban J connectivity index is 1.82. The van der Waals surface area contributed by atoms with Gasteiger partial charge >= 0.3 is 0 Å². The van der Waals surface area contributed by atoms with Gasteiger partial charge in [-0.15, -0.1) is 0 Å². The van der Waals surface area contributed by atoms with E-state index >= 15 is 0 Å². The number of carbonyl (C=O) groups is 2. The molecule has 7 nitrogen and oxygen atoms in total. The first-order chi connectivity index (χ1) is 10.6. The topological polar surface area (TPSA) is 93.5 Å². The molecule has 0 aliphatic heterocycles. The van der Waals surface area contributed by atoms with Crippen molar-refractivity contribution in [1.82, 2.24) is 5.16 Å². The number of hydrogen-bond acceptors (Lipinski definition) is 5.